The average molecular weight is 366 g/mol. The number of para-hydroxylation sites is 1. The lowest BCUT2D eigenvalue weighted by Crippen LogP contribution is -2.47. The molecule has 0 radical (unpaired) electrons. The Bertz CT molecular complexity index is 760. The molecule has 0 unspecified atom stereocenters. The van der Waals surface area contributed by atoms with Gasteiger partial charge in [-0.3, -0.25) is 4.79 Å². The van der Waals surface area contributed by atoms with Crippen LogP contribution in [0.25, 0.3) is 0 Å². The molecule has 138 valence electrons. The van der Waals surface area contributed by atoms with E-state index in [1.165, 1.54) is 10.6 Å². The number of ether oxygens (including phenoxy) is 1. The van der Waals surface area contributed by atoms with Crippen LogP contribution in [0.3, 0.4) is 0 Å². The number of sulfonamides is 1. The van der Waals surface area contributed by atoms with Crippen LogP contribution in [0.2, 0.25) is 0 Å². The first-order valence-electron chi connectivity index (χ1n) is 8.69. The summed E-state index contributed by atoms with van der Waals surface area (Å²) in [6.45, 7) is 4.77. The number of amides is 1. The summed E-state index contributed by atoms with van der Waals surface area (Å²) in [6, 6.07) is 7.62. The van der Waals surface area contributed by atoms with Gasteiger partial charge in [-0.2, -0.15) is 0 Å². The van der Waals surface area contributed by atoms with Crippen molar-refractivity contribution in [3.05, 3.63) is 29.8 Å². The summed E-state index contributed by atoms with van der Waals surface area (Å²) in [5.74, 6) is 0.415. The van der Waals surface area contributed by atoms with Crippen LogP contribution >= 0.6 is 0 Å². The molecule has 6 nitrogen and oxygen atoms in total. The molecule has 2 aliphatic heterocycles. The van der Waals surface area contributed by atoms with Crippen molar-refractivity contribution in [2.24, 2.45) is 5.92 Å². The zero-order chi connectivity index (χ0) is 18.2. The van der Waals surface area contributed by atoms with Crippen LogP contribution < -0.4 is 10.1 Å². The van der Waals surface area contributed by atoms with Gasteiger partial charge in [0.05, 0.1) is 18.2 Å². The van der Waals surface area contributed by atoms with Gasteiger partial charge in [0.1, 0.15) is 11.4 Å². The highest BCUT2D eigenvalue weighted by molar-refractivity contribution is 7.88. The number of piperidine rings is 1. The van der Waals surface area contributed by atoms with E-state index in [0.717, 1.165) is 11.3 Å². The Kier molecular flexibility index (Phi) is 4.81. The summed E-state index contributed by atoms with van der Waals surface area (Å²) < 4.78 is 30.9. The summed E-state index contributed by atoms with van der Waals surface area (Å²) in [4.78, 5) is 12.8. The van der Waals surface area contributed by atoms with Crippen LogP contribution in [0.15, 0.2) is 24.3 Å². The first kappa shape index (κ1) is 18.2. The Hall–Kier alpha value is -1.60. The number of carbonyl (C=O) groups is 1. The number of nitrogens with one attached hydrogen (secondary N) is 1. The second kappa shape index (κ2) is 6.61. The van der Waals surface area contributed by atoms with Gasteiger partial charge in [0, 0.05) is 25.1 Å². The van der Waals surface area contributed by atoms with Gasteiger partial charge in [0.2, 0.25) is 15.9 Å². The molecule has 0 saturated carbocycles. The van der Waals surface area contributed by atoms with Gasteiger partial charge in [0.25, 0.3) is 0 Å². The van der Waals surface area contributed by atoms with E-state index < -0.39 is 10.0 Å². The largest absolute Gasteiger partial charge is 0.487 e. The topological polar surface area (TPSA) is 75.7 Å². The minimum absolute atomic E-state index is 0.0779. The fraction of sp³-hybridized carbons (Fsp3) is 0.611. The molecule has 25 heavy (non-hydrogen) atoms. The molecule has 3 rings (SSSR count). The van der Waals surface area contributed by atoms with Crippen LogP contribution in [0.4, 0.5) is 0 Å². The molecule has 2 heterocycles. The number of rotatable bonds is 3. The number of nitrogens with zero attached hydrogens (tertiary/aromatic N) is 1. The predicted octanol–water partition coefficient (Wildman–Crippen LogP) is 2.08. The molecule has 1 fully saturated rings. The lowest BCUT2D eigenvalue weighted by atomic mass is 9.89. The third kappa shape index (κ3) is 4.15. The van der Waals surface area contributed by atoms with E-state index in [2.05, 4.69) is 5.32 Å². The smallest absolute Gasteiger partial charge is 0.224 e. The summed E-state index contributed by atoms with van der Waals surface area (Å²) in [7, 11) is -3.26. The highest BCUT2D eigenvalue weighted by Gasteiger charge is 2.36. The van der Waals surface area contributed by atoms with Crippen molar-refractivity contribution in [1.82, 2.24) is 9.62 Å². The van der Waals surface area contributed by atoms with E-state index in [4.69, 9.17) is 4.74 Å². The monoisotopic (exact) mass is 366 g/mol. The molecule has 1 saturated heterocycles. The minimum Gasteiger partial charge on any atom is -0.487 e. The van der Waals surface area contributed by atoms with Crippen molar-refractivity contribution in [3.63, 3.8) is 0 Å². The van der Waals surface area contributed by atoms with Gasteiger partial charge in [-0.15, -0.1) is 0 Å². The van der Waals surface area contributed by atoms with Crippen molar-refractivity contribution >= 4 is 15.9 Å². The van der Waals surface area contributed by atoms with Crippen LogP contribution in [0.1, 0.15) is 44.7 Å². The molecule has 2 aliphatic rings. The maximum atomic E-state index is 12.8. The van der Waals surface area contributed by atoms with Gasteiger partial charge < -0.3 is 10.1 Å². The molecule has 1 amide bonds. The average Bonchev–Trinajstić information content (AvgIpc) is 2.53. The SMILES string of the molecule is CC1(C)C[C@@H](NC(=O)[C@@H]2CCCN(S(C)(=O)=O)C2)c2ccccc2O1. The number of carbonyl (C=O) groups excluding carboxylic acids is 1. The standard InChI is InChI=1S/C18H26N2O4S/c1-18(2)11-15(14-8-4-5-9-16(14)24-18)19-17(21)13-7-6-10-20(12-13)25(3,22)23/h4-5,8-9,13,15H,6-7,10-12H2,1-3H3,(H,19,21)/t13-,15-/m1/s1. The van der Waals surface area contributed by atoms with Crippen LogP contribution in [0.5, 0.6) is 5.75 Å². The molecule has 7 heteroatoms. The van der Waals surface area contributed by atoms with Crippen molar-refractivity contribution < 1.29 is 17.9 Å². The fourth-order valence-corrected chi connectivity index (χ4v) is 4.59. The highest BCUT2D eigenvalue weighted by atomic mass is 32.2. The molecule has 2 atom stereocenters. The van der Waals surface area contributed by atoms with Crippen LogP contribution in [0, 0.1) is 5.92 Å². The molecule has 0 aliphatic carbocycles. The van der Waals surface area contributed by atoms with Crippen molar-refractivity contribution in [2.75, 3.05) is 19.3 Å². The molecule has 1 aromatic rings. The highest BCUT2D eigenvalue weighted by Crippen LogP contribution is 2.39. The van der Waals surface area contributed by atoms with Crippen molar-refractivity contribution in [1.29, 1.82) is 0 Å². The van der Waals surface area contributed by atoms with Crippen LogP contribution in [-0.2, 0) is 14.8 Å². The Morgan fingerprint density at radius 1 is 1.32 bits per heavy atom. The molecule has 1 aromatic carbocycles. The summed E-state index contributed by atoms with van der Waals surface area (Å²) in [6.07, 6.45) is 3.30. The third-order valence-corrected chi connectivity index (χ3v) is 6.19. The molecular weight excluding hydrogens is 340 g/mol. The van der Waals surface area contributed by atoms with Gasteiger partial charge >= 0.3 is 0 Å². The van der Waals surface area contributed by atoms with E-state index in [-0.39, 0.29) is 30.0 Å². The maximum Gasteiger partial charge on any atom is 0.224 e. The summed E-state index contributed by atoms with van der Waals surface area (Å²) in [5, 5.41) is 3.13. The molecular formula is C18H26N2O4S. The molecule has 1 N–H and O–H groups in total. The molecule has 0 aromatic heterocycles. The van der Waals surface area contributed by atoms with Gasteiger partial charge in [-0.25, -0.2) is 12.7 Å². The van der Waals surface area contributed by atoms with Gasteiger partial charge in [0.15, 0.2) is 0 Å². The Morgan fingerprint density at radius 3 is 2.76 bits per heavy atom. The van der Waals surface area contributed by atoms with Gasteiger partial charge in [-0.05, 0) is 32.8 Å². The van der Waals surface area contributed by atoms with E-state index in [1.807, 2.05) is 38.1 Å². The van der Waals surface area contributed by atoms with E-state index in [0.29, 0.717) is 25.8 Å². The summed E-state index contributed by atoms with van der Waals surface area (Å²) in [5.41, 5.74) is 0.614. The van der Waals surface area contributed by atoms with Crippen molar-refractivity contribution in [3.8, 4) is 5.75 Å². The zero-order valence-corrected chi connectivity index (χ0v) is 15.8. The number of hydrogen-bond donors (Lipinski definition) is 1. The number of benzene rings is 1. The fourth-order valence-electron chi connectivity index (χ4n) is 3.68. The molecule has 0 spiro atoms. The predicted molar refractivity (Wildman–Crippen MR) is 95.8 cm³/mol. The Morgan fingerprint density at radius 2 is 2.04 bits per heavy atom. The van der Waals surface area contributed by atoms with Crippen molar-refractivity contribution in [2.45, 2.75) is 44.8 Å². The van der Waals surface area contributed by atoms with Crippen LogP contribution in [-0.4, -0.2) is 43.6 Å². The Balaban J connectivity index is 1.74. The summed E-state index contributed by atoms with van der Waals surface area (Å²) >= 11 is 0. The van der Waals surface area contributed by atoms with E-state index in [9.17, 15) is 13.2 Å². The van der Waals surface area contributed by atoms with E-state index >= 15 is 0 Å². The normalized spacial score (nSPS) is 26.4. The van der Waals surface area contributed by atoms with Gasteiger partial charge in [-0.1, -0.05) is 18.2 Å². The number of hydrogen-bond acceptors (Lipinski definition) is 4. The second-order valence-electron chi connectivity index (χ2n) is 7.63. The Labute approximate surface area is 149 Å². The zero-order valence-electron chi connectivity index (χ0n) is 15.0. The second-order valence-corrected chi connectivity index (χ2v) is 9.61. The third-order valence-electron chi connectivity index (χ3n) is 4.92. The number of fused-ring (bicyclic) bond motifs is 1. The maximum absolute atomic E-state index is 12.8. The lowest BCUT2D eigenvalue weighted by molar-refractivity contribution is -0.127. The minimum atomic E-state index is -3.26. The lowest BCUT2D eigenvalue weighted by Gasteiger charge is -2.39. The molecule has 0 bridgehead atoms. The first-order chi connectivity index (χ1) is 11.7. The van der Waals surface area contributed by atoms with E-state index in [1.54, 1.807) is 0 Å². The first-order valence-corrected chi connectivity index (χ1v) is 10.5. The quantitative estimate of drug-likeness (QED) is 0.889.